The number of benzene rings is 3. The zero-order valence-electron chi connectivity index (χ0n) is 28.7. The zero-order valence-corrected chi connectivity index (χ0v) is 30.3. The van der Waals surface area contributed by atoms with E-state index in [-0.39, 0.29) is 17.9 Å². The van der Waals surface area contributed by atoms with Gasteiger partial charge in [-0.05, 0) is 66.7 Å². The molecule has 21 heteroatoms. The standard InChI is InChI=1S/C35H30ClF6N9O4S/c36-27-15-23(7-10-26(27)35(40,41)42)46-32(54)45-22-5-1-20(2-6-22)31-44-24(19-56-31)17-49-11-13-50(14-12-49)18-29(52)48-43-16-28-30(53)47-33(55)51(28)25-8-3-21(4-9-25)34(37,38)39/h1-10,15-16,19,28H,11-14,17-18H2,(H,48,52)(H2,45,46,54)(H,47,53,55)/b43-16+. The summed E-state index contributed by atoms with van der Waals surface area (Å²) in [4.78, 5) is 59.4. The van der Waals surface area contributed by atoms with Gasteiger partial charge in [-0.25, -0.2) is 20.0 Å². The SMILES string of the molecule is O=C(CN1CCN(Cc2csc(-c3ccc(NC(=O)Nc4ccc(C(F)(F)F)c(Cl)c4)cc3)n2)CC1)N/N=C/C1C(=O)NC(=O)N1c1ccc(C(F)(F)F)cc1. The molecule has 3 heterocycles. The highest BCUT2D eigenvalue weighted by Gasteiger charge is 2.39. The molecule has 0 bridgehead atoms. The zero-order chi connectivity index (χ0) is 40.2. The summed E-state index contributed by atoms with van der Waals surface area (Å²) in [6.45, 7) is 3.03. The van der Waals surface area contributed by atoms with Crippen LogP contribution in [-0.4, -0.2) is 83.6 Å². The highest BCUT2D eigenvalue weighted by molar-refractivity contribution is 7.13. The molecule has 4 N–H and O–H groups in total. The number of hydrogen-bond donors (Lipinski definition) is 4. The first-order valence-electron chi connectivity index (χ1n) is 16.6. The Morgan fingerprint density at radius 1 is 0.893 bits per heavy atom. The van der Waals surface area contributed by atoms with Crippen molar-refractivity contribution in [3.8, 4) is 10.6 Å². The van der Waals surface area contributed by atoms with Gasteiger partial charge in [-0.15, -0.1) is 11.3 Å². The monoisotopic (exact) mass is 821 g/mol. The van der Waals surface area contributed by atoms with Crippen LogP contribution in [0.4, 0.5) is 53.0 Å². The Morgan fingerprint density at radius 3 is 2.18 bits per heavy atom. The van der Waals surface area contributed by atoms with E-state index < -0.39 is 58.4 Å². The number of hydrogen-bond acceptors (Lipinski definition) is 9. The van der Waals surface area contributed by atoms with Crippen molar-refractivity contribution >= 4 is 70.1 Å². The van der Waals surface area contributed by atoms with E-state index >= 15 is 0 Å². The number of nitrogens with one attached hydrogen (secondary N) is 4. The number of alkyl halides is 6. The molecule has 1 aromatic heterocycles. The largest absolute Gasteiger partial charge is 0.417 e. The third-order valence-corrected chi connectivity index (χ3v) is 9.82. The molecule has 6 rings (SSSR count). The van der Waals surface area contributed by atoms with E-state index in [1.165, 1.54) is 11.3 Å². The fourth-order valence-electron chi connectivity index (χ4n) is 5.78. The Bertz CT molecular complexity index is 2120. The smallest absolute Gasteiger partial charge is 0.308 e. The van der Waals surface area contributed by atoms with E-state index in [4.69, 9.17) is 16.6 Å². The Morgan fingerprint density at radius 2 is 1.54 bits per heavy atom. The summed E-state index contributed by atoms with van der Waals surface area (Å²) >= 11 is 7.17. The van der Waals surface area contributed by atoms with E-state index in [0.717, 1.165) is 69.8 Å². The maximum atomic E-state index is 12.9. The molecule has 0 saturated carbocycles. The molecule has 13 nitrogen and oxygen atoms in total. The predicted octanol–water partition coefficient (Wildman–Crippen LogP) is 6.49. The average molecular weight is 822 g/mol. The molecule has 1 unspecified atom stereocenters. The van der Waals surface area contributed by atoms with Crippen molar-refractivity contribution in [2.24, 2.45) is 5.10 Å². The number of anilines is 3. The third kappa shape index (κ3) is 9.99. The molecule has 6 amide bonds. The molecule has 2 saturated heterocycles. The number of thiazole rings is 1. The Labute approximate surface area is 323 Å². The van der Waals surface area contributed by atoms with Crippen molar-refractivity contribution in [1.82, 2.24) is 25.5 Å². The first-order valence-corrected chi connectivity index (χ1v) is 17.9. The molecule has 0 aliphatic carbocycles. The van der Waals surface area contributed by atoms with Gasteiger partial charge >= 0.3 is 24.4 Å². The van der Waals surface area contributed by atoms with Crippen LogP contribution in [0.1, 0.15) is 16.8 Å². The quantitative estimate of drug-likeness (QED) is 0.0618. The van der Waals surface area contributed by atoms with Crippen LogP contribution in [0.15, 0.2) is 77.2 Å². The van der Waals surface area contributed by atoms with Crippen molar-refractivity contribution in [3.63, 3.8) is 0 Å². The van der Waals surface area contributed by atoms with Crippen molar-refractivity contribution in [3.05, 3.63) is 94.0 Å². The Balaban J connectivity index is 0.928. The van der Waals surface area contributed by atoms with Crippen LogP contribution in [-0.2, 0) is 28.5 Å². The van der Waals surface area contributed by atoms with Gasteiger partial charge in [0.05, 0.1) is 34.6 Å². The van der Waals surface area contributed by atoms with Crippen LogP contribution in [0.25, 0.3) is 10.6 Å². The molecule has 2 aliphatic heterocycles. The van der Waals surface area contributed by atoms with Gasteiger partial charge in [0.15, 0.2) is 6.04 Å². The number of hydrazone groups is 1. The number of halogens is 7. The first-order chi connectivity index (χ1) is 26.5. The number of amides is 6. The maximum absolute atomic E-state index is 12.9. The molecule has 2 fully saturated rings. The van der Waals surface area contributed by atoms with Crippen LogP contribution >= 0.6 is 22.9 Å². The molecule has 294 valence electrons. The van der Waals surface area contributed by atoms with E-state index in [0.29, 0.717) is 38.4 Å². The fourth-order valence-corrected chi connectivity index (χ4v) is 6.89. The lowest BCUT2D eigenvalue weighted by molar-refractivity contribution is -0.138. The van der Waals surface area contributed by atoms with Crippen molar-refractivity contribution in [2.45, 2.75) is 24.9 Å². The van der Waals surface area contributed by atoms with E-state index in [1.807, 2.05) is 10.3 Å². The summed E-state index contributed by atoms with van der Waals surface area (Å²) < 4.78 is 77.7. The van der Waals surface area contributed by atoms with E-state index in [1.54, 1.807) is 24.3 Å². The summed E-state index contributed by atoms with van der Waals surface area (Å²) in [5, 5.41) is 13.1. The molecule has 2 aliphatic rings. The van der Waals surface area contributed by atoms with Crippen LogP contribution in [0.5, 0.6) is 0 Å². The van der Waals surface area contributed by atoms with Gasteiger partial charge in [0.1, 0.15) is 5.01 Å². The Hall–Kier alpha value is -5.57. The number of piperazine rings is 1. The summed E-state index contributed by atoms with van der Waals surface area (Å²) in [6.07, 6.45) is -8.15. The second kappa shape index (κ2) is 16.7. The van der Waals surface area contributed by atoms with Gasteiger partial charge in [-0.1, -0.05) is 11.6 Å². The summed E-state index contributed by atoms with van der Waals surface area (Å²) in [6, 6.07) is 10.7. The highest BCUT2D eigenvalue weighted by atomic mass is 35.5. The molecule has 56 heavy (non-hydrogen) atoms. The van der Waals surface area contributed by atoms with E-state index in [9.17, 15) is 45.5 Å². The summed E-state index contributed by atoms with van der Waals surface area (Å²) in [5.41, 5.74) is 2.65. The number of imide groups is 1. The van der Waals surface area contributed by atoms with E-state index in [2.05, 4.69) is 31.4 Å². The van der Waals surface area contributed by atoms with Gasteiger partial charge in [0.25, 0.3) is 11.8 Å². The normalized spacial score (nSPS) is 17.0. The van der Waals surface area contributed by atoms with Crippen molar-refractivity contribution < 1.29 is 45.5 Å². The lowest BCUT2D eigenvalue weighted by Crippen LogP contribution is -2.48. The maximum Gasteiger partial charge on any atom is 0.417 e. The minimum Gasteiger partial charge on any atom is -0.308 e. The number of aromatic nitrogens is 1. The number of carbonyl (C=O) groups excluding carboxylic acids is 4. The Kier molecular flexibility index (Phi) is 11.9. The van der Waals surface area contributed by atoms with Gasteiger partial charge < -0.3 is 10.6 Å². The second-order valence-corrected chi connectivity index (χ2v) is 13.8. The van der Waals surface area contributed by atoms with Gasteiger partial charge in [0, 0.05) is 60.7 Å². The molecule has 4 aromatic rings. The number of nitrogens with zero attached hydrogens (tertiary/aromatic N) is 5. The number of rotatable bonds is 10. The van der Waals surface area contributed by atoms with Crippen LogP contribution in [0, 0.1) is 0 Å². The van der Waals surface area contributed by atoms with Crippen LogP contribution < -0.4 is 26.3 Å². The minimum atomic E-state index is -4.61. The lowest BCUT2D eigenvalue weighted by Gasteiger charge is -2.33. The van der Waals surface area contributed by atoms with Crippen LogP contribution in [0.2, 0.25) is 5.02 Å². The second-order valence-electron chi connectivity index (χ2n) is 12.5. The molecule has 3 aromatic carbocycles. The topological polar surface area (TPSA) is 151 Å². The summed E-state index contributed by atoms with van der Waals surface area (Å²) in [7, 11) is 0. The average Bonchev–Trinajstić information content (AvgIpc) is 3.71. The summed E-state index contributed by atoms with van der Waals surface area (Å²) in [5.74, 6) is -1.21. The molecule has 1 atom stereocenters. The number of carbonyl (C=O) groups is 4. The lowest BCUT2D eigenvalue weighted by atomic mass is 10.1. The molecule has 0 radical (unpaired) electrons. The predicted molar refractivity (Wildman–Crippen MR) is 196 cm³/mol. The third-order valence-electron chi connectivity index (χ3n) is 8.57. The fraction of sp³-hybridized carbons (Fsp3) is 0.257. The highest BCUT2D eigenvalue weighted by Crippen LogP contribution is 2.36. The van der Waals surface area contributed by atoms with Gasteiger partial charge in [0.2, 0.25) is 0 Å². The van der Waals surface area contributed by atoms with Crippen molar-refractivity contribution in [1.29, 1.82) is 0 Å². The number of urea groups is 2. The van der Waals surface area contributed by atoms with Crippen molar-refractivity contribution in [2.75, 3.05) is 48.3 Å². The van der Waals surface area contributed by atoms with Crippen LogP contribution in [0.3, 0.4) is 0 Å². The molecular formula is C35H30ClF6N9O4S. The first kappa shape index (κ1) is 40.1. The minimum absolute atomic E-state index is 0.0142. The van der Waals surface area contributed by atoms with Gasteiger partial charge in [-0.3, -0.25) is 29.6 Å². The molecular weight excluding hydrogens is 792 g/mol. The molecule has 0 spiro atoms. The van der Waals surface area contributed by atoms with Gasteiger partial charge in [-0.2, -0.15) is 31.4 Å².